The van der Waals surface area contributed by atoms with Crippen LogP contribution < -0.4 is 16.4 Å². The SMILES string of the molecule is Cc1ccc(CCNC(=O)NC(=O)c2ccccc2N)cc1. The van der Waals surface area contributed by atoms with Crippen molar-refractivity contribution >= 4 is 17.6 Å². The molecule has 3 amide bonds. The molecule has 0 saturated carbocycles. The molecule has 0 heterocycles. The number of rotatable bonds is 4. The van der Waals surface area contributed by atoms with Crippen molar-refractivity contribution in [3.05, 3.63) is 65.2 Å². The van der Waals surface area contributed by atoms with Crippen LogP contribution in [-0.2, 0) is 6.42 Å². The number of imide groups is 1. The highest BCUT2D eigenvalue weighted by Crippen LogP contribution is 2.09. The number of hydrogen-bond donors (Lipinski definition) is 3. The van der Waals surface area contributed by atoms with Gasteiger partial charge in [-0.15, -0.1) is 0 Å². The van der Waals surface area contributed by atoms with Crippen molar-refractivity contribution in [3.63, 3.8) is 0 Å². The Labute approximate surface area is 129 Å². The third-order valence-corrected chi connectivity index (χ3v) is 3.25. The maximum absolute atomic E-state index is 11.9. The summed E-state index contributed by atoms with van der Waals surface area (Å²) in [5, 5.41) is 4.92. The van der Waals surface area contributed by atoms with Gasteiger partial charge in [-0.05, 0) is 31.0 Å². The van der Waals surface area contributed by atoms with E-state index in [0.29, 0.717) is 18.7 Å². The lowest BCUT2D eigenvalue weighted by molar-refractivity contribution is 0.0965. The zero-order valence-electron chi connectivity index (χ0n) is 12.4. The van der Waals surface area contributed by atoms with Crippen LogP contribution in [0.4, 0.5) is 10.5 Å². The quantitative estimate of drug-likeness (QED) is 0.757. The molecule has 0 radical (unpaired) electrons. The normalized spacial score (nSPS) is 10.0. The van der Waals surface area contributed by atoms with E-state index < -0.39 is 11.9 Å². The lowest BCUT2D eigenvalue weighted by Crippen LogP contribution is -2.40. The molecule has 0 aliphatic heterocycles. The molecule has 5 nitrogen and oxygen atoms in total. The number of benzene rings is 2. The van der Waals surface area contributed by atoms with Gasteiger partial charge in [-0.2, -0.15) is 0 Å². The summed E-state index contributed by atoms with van der Waals surface area (Å²) in [5.41, 5.74) is 8.65. The molecule has 0 fully saturated rings. The van der Waals surface area contributed by atoms with Gasteiger partial charge in [-0.3, -0.25) is 10.1 Å². The van der Waals surface area contributed by atoms with Crippen molar-refractivity contribution < 1.29 is 9.59 Å². The average Bonchev–Trinajstić information content (AvgIpc) is 2.49. The summed E-state index contributed by atoms with van der Waals surface area (Å²) < 4.78 is 0. The summed E-state index contributed by atoms with van der Waals surface area (Å²) in [6.45, 7) is 2.48. The lowest BCUT2D eigenvalue weighted by Gasteiger charge is -2.08. The van der Waals surface area contributed by atoms with Crippen LogP contribution in [0, 0.1) is 6.92 Å². The monoisotopic (exact) mass is 297 g/mol. The fourth-order valence-corrected chi connectivity index (χ4v) is 1.99. The number of anilines is 1. The van der Waals surface area contributed by atoms with E-state index in [2.05, 4.69) is 10.6 Å². The highest BCUT2D eigenvalue weighted by molar-refractivity contribution is 6.07. The molecular weight excluding hydrogens is 278 g/mol. The highest BCUT2D eigenvalue weighted by Gasteiger charge is 2.11. The first-order valence-corrected chi connectivity index (χ1v) is 7.05. The van der Waals surface area contributed by atoms with E-state index in [4.69, 9.17) is 5.73 Å². The molecule has 114 valence electrons. The molecule has 2 rings (SSSR count). The van der Waals surface area contributed by atoms with Crippen molar-refractivity contribution in [3.8, 4) is 0 Å². The maximum atomic E-state index is 11.9. The van der Waals surface area contributed by atoms with Crippen LogP contribution in [0.5, 0.6) is 0 Å². The van der Waals surface area contributed by atoms with Crippen molar-refractivity contribution in [1.29, 1.82) is 0 Å². The first-order chi connectivity index (χ1) is 10.6. The van der Waals surface area contributed by atoms with E-state index in [1.54, 1.807) is 24.3 Å². The predicted molar refractivity (Wildman–Crippen MR) is 86.6 cm³/mol. The second-order valence-electron chi connectivity index (χ2n) is 5.03. The number of amides is 3. The fourth-order valence-electron chi connectivity index (χ4n) is 1.99. The lowest BCUT2D eigenvalue weighted by atomic mass is 10.1. The van der Waals surface area contributed by atoms with Gasteiger partial charge in [0.15, 0.2) is 0 Å². The van der Waals surface area contributed by atoms with Crippen molar-refractivity contribution in [1.82, 2.24) is 10.6 Å². The Morgan fingerprint density at radius 3 is 2.41 bits per heavy atom. The number of carbonyl (C=O) groups is 2. The molecule has 0 spiro atoms. The summed E-state index contributed by atoms with van der Waals surface area (Å²) in [6.07, 6.45) is 0.704. The van der Waals surface area contributed by atoms with Crippen molar-refractivity contribution in [2.45, 2.75) is 13.3 Å². The molecule has 0 unspecified atom stereocenters. The standard InChI is InChI=1S/C17H19N3O2/c1-12-6-8-13(9-7-12)10-11-19-17(22)20-16(21)14-4-2-3-5-15(14)18/h2-9H,10-11,18H2,1H3,(H2,19,20,21,22). The number of carbonyl (C=O) groups excluding carboxylic acids is 2. The maximum Gasteiger partial charge on any atom is 0.321 e. The van der Waals surface area contributed by atoms with Crippen LogP contribution in [0.3, 0.4) is 0 Å². The number of para-hydroxylation sites is 1. The van der Waals surface area contributed by atoms with Gasteiger partial charge in [0.2, 0.25) is 0 Å². The molecular formula is C17H19N3O2. The van der Waals surface area contributed by atoms with Crippen LogP contribution >= 0.6 is 0 Å². The van der Waals surface area contributed by atoms with Crippen molar-refractivity contribution in [2.75, 3.05) is 12.3 Å². The smallest absolute Gasteiger partial charge is 0.321 e. The van der Waals surface area contributed by atoms with Gasteiger partial charge in [0.05, 0.1) is 5.56 Å². The Morgan fingerprint density at radius 1 is 1.05 bits per heavy atom. The third-order valence-electron chi connectivity index (χ3n) is 3.25. The zero-order chi connectivity index (χ0) is 15.9. The Kier molecular flexibility index (Phi) is 5.14. The van der Waals surface area contributed by atoms with Crippen LogP contribution in [0.25, 0.3) is 0 Å². The van der Waals surface area contributed by atoms with Gasteiger partial charge < -0.3 is 11.1 Å². The minimum atomic E-state index is -0.527. The zero-order valence-corrected chi connectivity index (χ0v) is 12.4. The molecule has 0 aromatic heterocycles. The Balaban J connectivity index is 1.79. The van der Waals surface area contributed by atoms with E-state index in [1.165, 1.54) is 5.56 Å². The second-order valence-corrected chi connectivity index (χ2v) is 5.03. The molecule has 0 aliphatic carbocycles. The molecule has 4 N–H and O–H groups in total. The largest absolute Gasteiger partial charge is 0.398 e. The van der Waals surface area contributed by atoms with Gasteiger partial charge in [-0.25, -0.2) is 4.79 Å². The number of nitrogens with two attached hydrogens (primary N) is 1. The topological polar surface area (TPSA) is 84.2 Å². The molecule has 0 saturated heterocycles. The summed E-state index contributed by atoms with van der Waals surface area (Å²) in [7, 11) is 0. The summed E-state index contributed by atoms with van der Waals surface area (Å²) >= 11 is 0. The van der Waals surface area contributed by atoms with Crippen LogP contribution in [0.15, 0.2) is 48.5 Å². The molecule has 0 bridgehead atoms. The third kappa shape index (κ3) is 4.34. The van der Waals surface area contributed by atoms with Gasteiger partial charge in [0.1, 0.15) is 0 Å². The van der Waals surface area contributed by atoms with Crippen LogP contribution in [-0.4, -0.2) is 18.5 Å². The van der Waals surface area contributed by atoms with Gasteiger partial charge >= 0.3 is 6.03 Å². The summed E-state index contributed by atoms with van der Waals surface area (Å²) in [6, 6.07) is 14.2. The minimum absolute atomic E-state index is 0.288. The van der Waals surface area contributed by atoms with Gasteiger partial charge in [0, 0.05) is 12.2 Å². The van der Waals surface area contributed by atoms with E-state index in [1.807, 2.05) is 31.2 Å². The minimum Gasteiger partial charge on any atom is -0.398 e. The highest BCUT2D eigenvalue weighted by atomic mass is 16.2. The average molecular weight is 297 g/mol. The second kappa shape index (κ2) is 7.26. The molecule has 0 atom stereocenters. The summed E-state index contributed by atoms with van der Waals surface area (Å²) in [4.78, 5) is 23.6. The fraction of sp³-hybridized carbons (Fsp3) is 0.176. The molecule has 22 heavy (non-hydrogen) atoms. The van der Waals surface area contributed by atoms with Crippen LogP contribution in [0.1, 0.15) is 21.5 Å². The number of hydrogen-bond acceptors (Lipinski definition) is 3. The van der Waals surface area contributed by atoms with Crippen molar-refractivity contribution in [2.24, 2.45) is 0 Å². The predicted octanol–water partition coefficient (Wildman–Crippen LogP) is 2.26. The van der Waals surface area contributed by atoms with E-state index in [0.717, 1.165) is 5.56 Å². The van der Waals surface area contributed by atoms with E-state index in [9.17, 15) is 9.59 Å². The molecule has 5 heteroatoms. The molecule has 2 aromatic carbocycles. The number of urea groups is 1. The Hall–Kier alpha value is -2.82. The Bertz CT molecular complexity index is 666. The number of nitrogens with one attached hydrogen (secondary N) is 2. The van der Waals surface area contributed by atoms with E-state index >= 15 is 0 Å². The Morgan fingerprint density at radius 2 is 1.73 bits per heavy atom. The first kappa shape index (κ1) is 15.6. The molecule has 0 aliphatic rings. The summed E-state index contributed by atoms with van der Waals surface area (Å²) in [5.74, 6) is -0.508. The van der Waals surface area contributed by atoms with Gasteiger partial charge in [-0.1, -0.05) is 42.0 Å². The number of aryl methyl sites for hydroxylation is 1. The van der Waals surface area contributed by atoms with Gasteiger partial charge in [0.25, 0.3) is 5.91 Å². The first-order valence-electron chi connectivity index (χ1n) is 7.05. The van der Waals surface area contributed by atoms with E-state index in [-0.39, 0.29) is 5.56 Å². The molecule has 2 aromatic rings. The number of nitrogen functional groups attached to an aromatic ring is 1. The van der Waals surface area contributed by atoms with Crippen LogP contribution in [0.2, 0.25) is 0 Å².